The van der Waals surface area contributed by atoms with Crippen LogP contribution in [0.1, 0.15) is 17.0 Å². The van der Waals surface area contributed by atoms with E-state index in [4.69, 9.17) is 11.6 Å². The van der Waals surface area contributed by atoms with Crippen molar-refractivity contribution in [3.05, 3.63) is 52.1 Å². The Morgan fingerprint density at radius 3 is 2.57 bits per heavy atom. The second-order valence-electron chi connectivity index (χ2n) is 4.52. The number of hydrogen-bond donors (Lipinski definition) is 2. The quantitative estimate of drug-likeness (QED) is 0.852. The number of amides is 1. The molecule has 2 N–H and O–H groups in total. The highest BCUT2D eigenvalue weighted by Crippen LogP contribution is 2.19. The normalized spacial score (nSPS) is 10.3. The first-order valence-electron chi connectivity index (χ1n) is 6.25. The highest BCUT2D eigenvalue weighted by molar-refractivity contribution is 6.31. The predicted octanol–water partition coefficient (Wildman–Crippen LogP) is 2.57. The molecule has 0 saturated heterocycles. The zero-order valence-electron chi connectivity index (χ0n) is 11.6. The maximum atomic E-state index is 13.6. The molecule has 1 heterocycles. The van der Waals surface area contributed by atoms with E-state index in [1.54, 1.807) is 0 Å². The van der Waals surface area contributed by atoms with Crippen LogP contribution in [0, 0.1) is 19.7 Å². The summed E-state index contributed by atoms with van der Waals surface area (Å²) >= 11 is 5.87. The molecule has 0 aliphatic carbocycles. The van der Waals surface area contributed by atoms with Crippen molar-refractivity contribution in [3.8, 4) is 0 Å². The molecule has 0 atom stereocenters. The predicted molar refractivity (Wildman–Crippen MR) is 78.4 cm³/mol. The van der Waals surface area contributed by atoms with Crippen LogP contribution < -0.4 is 10.9 Å². The van der Waals surface area contributed by atoms with Crippen LogP contribution in [0.5, 0.6) is 0 Å². The van der Waals surface area contributed by atoms with Gasteiger partial charge in [-0.05, 0) is 32.0 Å². The van der Waals surface area contributed by atoms with Crippen molar-refractivity contribution in [2.45, 2.75) is 20.3 Å². The average molecular weight is 309 g/mol. The highest BCUT2D eigenvalue weighted by atomic mass is 35.5. The zero-order valence-corrected chi connectivity index (χ0v) is 12.3. The fraction of sp³-hybridized carbons (Fsp3) is 0.214. The summed E-state index contributed by atoms with van der Waals surface area (Å²) in [6, 6.07) is 6.09. The molecule has 5 nitrogen and oxygen atoms in total. The molecule has 0 fully saturated rings. The molecule has 0 saturated carbocycles. The summed E-state index contributed by atoms with van der Waals surface area (Å²) in [7, 11) is 0. The minimum Gasteiger partial charge on any atom is -0.273 e. The van der Waals surface area contributed by atoms with Crippen molar-refractivity contribution in [1.82, 2.24) is 15.4 Å². The van der Waals surface area contributed by atoms with Gasteiger partial charge < -0.3 is 0 Å². The monoisotopic (exact) mass is 308 g/mol. The van der Waals surface area contributed by atoms with Crippen molar-refractivity contribution in [2.75, 3.05) is 5.43 Å². The van der Waals surface area contributed by atoms with E-state index in [1.807, 2.05) is 19.9 Å². The maximum absolute atomic E-state index is 13.6. The van der Waals surface area contributed by atoms with Crippen molar-refractivity contribution >= 4 is 23.5 Å². The fourth-order valence-corrected chi connectivity index (χ4v) is 2.04. The summed E-state index contributed by atoms with van der Waals surface area (Å²) in [5, 5.41) is 0.216. The van der Waals surface area contributed by atoms with Crippen LogP contribution in [0.3, 0.4) is 0 Å². The summed E-state index contributed by atoms with van der Waals surface area (Å²) in [4.78, 5) is 20.0. The first-order chi connectivity index (χ1) is 9.95. The maximum Gasteiger partial charge on any atom is 0.242 e. The lowest BCUT2D eigenvalue weighted by atomic mass is 10.1. The number of nitrogens with zero attached hydrogens (tertiary/aromatic N) is 2. The Morgan fingerprint density at radius 1 is 1.29 bits per heavy atom. The number of nitrogens with one attached hydrogen (secondary N) is 2. The third kappa shape index (κ3) is 4.13. The van der Waals surface area contributed by atoms with Gasteiger partial charge in [-0.2, -0.15) is 0 Å². The van der Waals surface area contributed by atoms with Crippen LogP contribution >= 0.6 is 11.6 Å². The zero-order chi connectivity index (χ0) is 15.4. The van der Waals surface area contributed by atoms with Crippen LogP contribution in [0.2, 0.25) is 5.02 Å². The molecule has 1 aromatic carbocycles. The number of aromatic nitrogens is 2. The van der Waals surface area contributed by atoms with Gasteiger partial charge in [0.05, 0.1) is 6.42 Å². The molecule has 0 spiro atoms. The van der Waals surface area contributed by atoms with Crippen LogP contribution in [0.4, 0.5) is 10.3 Å². The first kappa shape index (κ1) is 15.2. The Labute approximate surface area is 126 Å². The Hall–Kier alpha value is -2.21. The Balaban J connectivity index is 1.99. The summed E-state index contributed by atoms with van der Waals surface area (Å²) in [6.45, 7) is 3.64. The number of benzene rings is 1. The van der Waals surface area contributed by atoms with Gasteiger partial charge in [0, 0.05) is 22.0 Å². The van der Waals surface area contributed by atoms with Crippen LogP contribution in [0.25, 0.3) is 0 Å². The largest absolute Gasteiger partial charge is 0.273 e. The SMILES string of the molecule is Cc1cc(C)nc(NNC(=O)Cc2c(F)cccc2Cl)n1. The lowest BCUT2D eigenvalue weighted by Crippen LogP contribution is -2.32. The van der Waals surface area contributed by atoms with Gasteiger partial charge in [-0.3, -0.25) is 15.6 Å². The Morgan fingerprint density at radius 2 is 1.95 bits per heavy atom. The van der Waals surface area contributed by atoms with Crippen LogP contribution in [-0.4, -0.2) is 15.9 Å². The molecule has 0 aliphatic heterocycles. The van der Waals surface area contributed by atoms with Crippen molar-refractivity contribution < 1.29 is 9.18 Å². The standard InChI is InChI=1S/C14H14ClFN4O/c1-8-6-9(2)18-14(17-8)20-19-13(21)7-10-11(15)4-3-5-12(10)16/h3-6H,7H2,1-2H3,(H,19,21)(H,17,18,20). The molecule has 0 bridgehead atoms. The van der Waals surface area contributed by atoms with Gasteiger partial charge in [0.25, 0.3) is 0 Å². The van der Waals surface area contributed by atoms with E-state index in [1.165, 1.54) is 18.2 Å². The van der Waals surface area contributed by atoms with Crippen LogP contribution in [0.15, 0.2) is 24.3 Å². The van der Waals surface area contributed by atoms with E-state index in [9.17, 15) is 9.18 Å². The summed E-state index contributed by atoms with van der Waals surface area (Å²) in [6.07, 6.45) is -0.177. The van der Waals surface area contributed by atoms with Gasteiger partial charge >= 0.3 is 0 Å². The molecule has 2 rings (SSSR count). The van der Waals surface area contributed by atoms with Gasteiger partial charge in [-0.15, -0.1) is 0 Å². The van der Waals surface area contributed by atoms with Gasteiger partial charge in [0.2, 0.25) is 11.9 Å². The highest BCUT2D eigenvalue weighted by Gasteiger charge is 2.12. The lowest BCUT2D eigenvalue weighted by Gasteiger charge is -2.09. The summed E-state index contributed by atoms with van der Waals surface area (Å²) in [5.74, 6) is -0.675. The molecular weight excluding hydrogens is 295 g/mol. The lowest BCUT2D eigenvalue weighted by molar-refractivity contribution is -0.120. The number of carbonyl (C=O) groups is 1. The van der Waals surface area contributed by atoms with E-state index in [0.717, 1.165) is 11.4 Å². The van der Waals surface area contributed by atoms with E-state index >= 15 is 0 Å². The van der Waals surface area contributed by atoms with Gasteiger partial charge in [-0.1, -0.05) is 17.7 Å². The number of anilines is 1. The molecule has 7 heteroatoms. The van der Waals surface area contributed by atoms with Crippen molar-refractivity contribution in [2.24, 2.45) is 0 Å². The second kappa shape index (κ2) is 6.49. The number of aryl methyl sites for hydroxylation is 2. The number of carbonyl (C=O) groups excluding carboxylic acids is 1. The minimum atomic E-state index is -0.514. The topological polar surface area (TPSA) is 66.9 Å². The van der Waals surface area contributed by atoms with E-state index in [-0.39, 0.29) is 23.0 Å². The van der Waals surface area contributed by atoms with E-state index in [2.05, 4.69) is 20.8 Å². The van der Waals surface area contributed by atoms with Crippen molar-refractivity contribution in [1.29, 1.82) is 0 Å². The number of hydrazine groups is 1. The van der Waals surface area contributed by atoms with Crippen LogP contribution in [-0.2, 0) is 11.2 Å². The number of rotatable bonds is 4. The molecule has 1 amide bonds. The van der Waals surface area contributed by atoms with Crippen molar-refractivity contribution in [3.63, 3.8) is 0 Å². The van der Waals surface area contributed by atoms with E-state index in [0.29, 0.717) is 0 Å². The van der Waals surface area contributed by atoms with Gasteiger partial charge in [0.15, 0.2) is 0 Å². The molecule has 0 unspecified atom stereocenters. The molecule has 1 aromatic heterocycles. The minimum absolute atomic E-state index is 0.153. The fourth-order valence-electron chi connectivity index (χ4n) is 1.81. The Bertz CT molecular complexity index is 638. The number of halogens is 2. The third-order valence-corrected chi connectivity index (χ3v) is 3.05. The molecule has 0 radical (unpaired) electrons. The second-order valence-corrected chi connectivity index (χ2v) is 4.93. The smallest absolute Gasteiger partial charge is 0.242 e. The average Bonchev–Trinajstić information content (AvgIpc) is 2.40. The van der Waals surface area contributed by atoms with Gasteiger partial charge in [0.1, 0.15) is 5.82 Å². The molecule has 110 valence electrons. The molecule has 2 aromatic rings. The Kier molecular flexibility index (Phi) is 4.70. The van der Waals surface area contributed by atoms with E-state index < -0.39 is 11.7 Å². The third-order valence-electron chi connectivity index (χ3n) is 2.70. The summed E-state index contributed by atoms with van der Waals surface area (Å²) < 4.78 is 13.6. The van der Waals surface area contributed by atoms with Gasteiger partial charge in [-0.25, -0.2) is 14.4 Å². The molecule has 0 aliphatic rings. The summed E-state index contributed by atoms with van der Waals surface area (Å²) in [5.41, 5.74) is 6.72. The first-order valence-corrected chi connectivity index (χ1v) is 6.63. The molecular formula is C14H14ClFN4O. The number of hydrogen-bond acceptors (Lipinski definition) is 4. The molecule has 21 heavy (non-hydrogen) atoms.